The number of benzene rings is 1. The summed E-state index contributed by atoms with van der Waals surface area (Å²) in [4.78, 5) is 0. The van der Waals surface area contributed by atoms with Crippen LogP contribution in [-0.4, -0.2) is 21.2 Å². The van der Waals surface area contributed by atoms with Gasteiger partial charge in [-0.2, -0.15) is 13.9 Å². The van der Waals surface area contributed by atoms with E-state index in [1.165, 1.54) is 0 Å². The number of nitrogens with two attached hydrogens (primary N) is 1. The van der Waals surface area contributed by atoms with Gasteiger partial charge in [0.05, 0.1) is 11.2 Å². The predicted octanol–water partition coefficient (Wildman–Crippen LogP) is 2.26. The molecule has 0 saturated heterocycles. The molecule has 0 saturated carbocycles. The normalized spacial score (nSPS) is 13.9. The summed E-state index contributed by atoms with van der Waals surface area (Å²) >= 11 is 5.03. The van der Waals surface area contributed by atoms with E-state index in [0.717, 1.165) is 10.9 Å². The van der Waals surface area contributed by atoms with Gasteiger partial charge < -0.3 is 0 Å². The molecule has 1 atom stereocenters. The lowest BCUT2D eigenvalue weighted by Crippen LogP contribution is -2.47. The van der Waals surface area contributed by atoms with Gasteiger partial charge in [-0.3, -0.25) is 10.5 Å². The number of aryl methyl sites for hydroxylation is 1. The molecule has 7 heteroatoms. The van der Waals surface area contributed by atoms with E-state index >= 15 is 0 Å². The van der Waals surface area contributed by atoms with Crippen LogP contribution in [0.2, 0.25) is 0 Å². The van der Waals surface area contributed by atoms with E-state index in [-0.39, 0.29) is 6.42 Å². The number of nitrogens with one attached hydrogen (secondary N) is 1. The highest BCUT2D eigenvalue weighted by Crippen LogP contribution is 2.27. The Morgan fingerprint density at radius 3 is 2.74 bits per heavy atom. The maximum atomic E-state index is 13.1. The highest BCUT2D eigenvalue weighted by Gasteiger charge is 2.37. The highest BCUT2D eigenvalue weighted by molar-refractivity contribution is 6.22. The topological polar surface area (TPSA) is 55.9 Å². The van der Waals surface area contributed by atoms with Crippen molar-refractivity contribution in [2.45, 2.75) is 31.3 Å². The summed E-state index contributed by atoms with van der Waals surface area (Å²) < 4.78 is 28.1. The molecule has 0 amide bonds. The third-order valence-corrected chi connectivity index (χ3v) is 3.29. The molecule has 0 aliphatic heterocycles. The quantitative estimate of drug-likeness (QED) is 0.504. The molecular formula is C12H15ClF2N4. The minimum Gasteiger partial charge on any atom is -0.271 e. The van der Waals surface area contributed by atoms with Crippen molar-refractivity contribution in [1.29, 1.82) is 0 Å². The molecule has 2 aromatic rings. The third kappa shape index (κ3) is 2.86. The molecule has 1 aromatic heterocycles. The molecule has 1 unspecified atom stereocenters. The van der Waals surface area contributed by atoms with Crippen molar-refractivity contribution < 1.29 is 8.78 Å². The van der Waals surface area contributed by atoms with Gasteiger partial charge in [0.1, 0.15) is 6.04 Å². The van der Waals surface area contributed by atoms with E-state index in [4.69, 9.17) is 17.4 Å². The van der Waals surface area contributed by atoms with E-state index in [1.54, 1.807) is 4.68 Å². The Balaban J connectivity index is 2.40. The second kappa shape index (κ2) is 5.40. The molecule has 0 aliphatic rings. The van der Waals surface area contributed by atoms with Crippen LogP contribution in [-0.2, 0) is 13.0 Å². The van der Waals surface area contributed by atoms with E-state index in [1.807, 2.05) is 31.2 Å². The molecule has 0 aliphatic carbocycles. The van der Waals surface area contributed by atoms with Gasteiger partial charge in [-0.25, -0.2) is 5.43 Å². The maximum absolute atomic E-state index is 13.1. The Labute approximate surface area is 114 Å². The minimum absolute atomic E-state index is 0.0412. The van der Waals surface area contributed by atoms with E-state index in [2.05, 4.69) is 10.5 Å². The maximum Gasteiger partial charge on any atom is 0.338 e. The first-order chi connectivity index (χ1) is 8.97. The molecule has 0 fully saturated rings. The van der Waals surface area contributed by atoms with Crippen molar-refractivity contribution in [3.05, 3.63) is 30.0 Å². The van der Waals surface area contributed by atoms with Crippen LogP contribution >= 0.6 is 11.6 Å². The lowest BCUT2D eigenvalue weighted by molar-refractivity contribution is 0.0499. The molecule has 4 nitrogen and oxygen atoms in total. The molecule has 1 aromatic carbocycles. The monoisotopic (exact) mass is 288 g/mol. The number of rotatable bonds is 5. The summed E-state index contributed by atoms with van der Waals surface area (Å²) in [5.74, 6) is 5.14. The molecule has 0 bridgehead atoms. The Kier molecular flexibility index (Phi) is 4.03. The van der Waals surface area contributed by atoms with Crippen molar-refractivity contribution in [3.8, 4) is 0 Å². The fourth-order valence-electron chi connectivity index (χ4n) is 2.05. The Hall–Kier alpha value is -1.24. The van der Waals surface area contributed by atoms with Crippen LogP contribution in [0.1, 0.15) is 12.6 Å². The SMILES string of the molecule is CCn1nc(CC(NN)C(F)(F)Cl)c2ccccc21. The van der Waals surface area contributed by atoms with Crippen LogP contribution in [0, 0.1) is 0 Å². The van der Waals surface area contributed by atoms with Crippen LogP contribution in [0.3, 0.4) is 0 Å². The molecule has 0 spiro atoms. The Morgan fingerprint density at radius 2 is 2.16 bits per heavy atom. The van der Waals surface area contributed by atoms with E-state index in [0.29, 0.717) is 12.2 Å². The molecule has 0 radical (unpaired) electrons. The summed E-state index contributed by atoms with van der Waals surface area (Å²) in [6.07, 6.45) is -0.0412. The van der Waals surface area contributed by atoms with Gasteiger partial charge in [-0.15, -0.1) is 0 Å². The second-order valence-electron chi connectivity index (χ2n) is 4.24. The first-order valence-corrected chi connectivity index (χ1v) is 6.32. The van der Waals surface area contributed by atoms with Crippen LogP contribution in [0.4, 0.5) is 8.78 Å². The summed E-state index contributed by atoms with van der Waals surface area (Å²) in [7, 11) is 0. The summed E-state index contributed by atoms with van der Waals surface area (Å²) in [6.45, 7) is 2.61. The highest BCUT2D eigenvalue weighted by atomic mass is 35.5. The summed E-state index contributed by atoms with van der Waals surface area (Å²) in [6, 6.07) is 6.12. The van der Waals surface area contributed by atoms with Gasteiger partial charge in [0.15, 0.2) is 0 Å². The van der Waals surface area contributed by atoms with Crippen LogP contribution in [0.25, 0.3) is 10.9 Å². The largest absolute Gasteiger partial charge is 0.338 e. The molecule has 19 heavy (non-hydrogen) atoms. The zero-order valence-electron chi connectivity index (χ0n) is 10.4. The van der Waals surface area contributed by atoms with E-state index in [9.17, 15) is 8.78 Å². The van der Waals surface area contributed by atoms with Gasteiger partial charge >= 0.3 is 5.38 Å². The number of para-hydroxylation sites is 1. The average molecular weight is 289 g/mol. The van der Waals surface area contributed by atoms with Crippen molar-refractivity contribution in [2.24, 2.45) is 5.84 Å². The standard InChI is InChI=1S/C12H15ClF2N4/c1-2-19-10-6-4-3-5-8(10)9(18-19)7-11(17-16)12(13,14)15/h3-6,11,17H,2,7,16H2,1H3. The van der Waals surface area contributed by atoms with Crippen molar-refractivity contribution in [3.63, 3.8) is 0 Å². The van der Waals surface area contributed by atoms with Crippen molar-refractivity contribution >= 4 is 22.5 Å². The molecule has 104 valence electrons. The summed E-state index contributed by atoms with van der Waals surface area (Å²) in [5.41, 5.74) is 3.52. The Bertz CT molecular complexity index is 564. The van der Waals surface area contributed by atoms with Crippen LogP contribution < -0.4 is 11.3 Å². The Morgan fingerprint density at radius 1 is 1.47 bits per heavy atom. The zero-order chi connectivity index (χ0) is 14.0. The summed E-state index contributed by atoms with van der Waals surface area (Å²) in [5, 5.41) is 1.75. The average Bonchev–Trinajstić information content (AvgIpc) is 2.73. The number of halogens is 3. The number of alkyl halides is 3. The van der Waals surface area contributed by atoms with E-state index < -0.39 is 11.4 Å². The van der Waals surface area contributed by atoms with Crippen LogP contribution in [0.5, 0.6) is 0 Å². The number of nitrogens with zero attached hydrogens (tertiary/aromatic N) is 2. The van der Waals surface area contributed by atoms with Gasteiger partial charge in [-0.05, 0) is 24.6 Å². The number of hydrogen-bond donors (Lipinski definition) is 2. The lowest BCUT2D eigenvalue weighted by Gasteiger charge is -2.19. The van der Waals surface area contributed by atoms with Gasteiger partial charge in [-0.1, -0.05) is 18.2 Å². The zero-order valence-corrected chi connectivity index (χ0v) is 11.2. The third-order valence-electron chi connectivity index (χ3n) is 3.03. The number of hydrogen-bond acceptors (Lipinski definition) is 3. The fourth-order valence-corrected chi connectivity index (χ4v) is 2.19. The molecule has 3 N–H and O–H groups in total. The first-order valence-electron chi connectivity index (χ1n) is 5.94. The molecule has 2 rings (SSSR count). The smallest absolute Gasteiger partial charge is 0.271 e. The predicted molar refractivity (Wildman–Crippen MR) is 71.0 cm³/mol. The fraction of sp³-hybridized carbons (Fsp3) is 0.417. The molecular weight excluding hydrogens is 274 g/mol. The number of aromatic nitrogens is 2. The second-order valence-corrected chi connectivity index (χ2v) is 4.75. The molecule has 1 heterocycles. The first kappa shape index (κ1) is 14.2. The minimum atomic E-state index is -3.42. The number of fused-ring (bicyclic) bond motifs is 1. The van der Waals surface area contributed by atoms with Crippen molar-refractivity contribution in [1.82, 2.24) is 15.2 Å². The lowest BCUT2D eigenvalue weighted by atomic mass is 10.1. The van der Waals surface area contributed by atoms with Crippen molar-refractivity contribution in [2.75, 3.05) is 0 Å². The van der Waals surface area contributed by atoms with Crippen LogP contribution in [0.15, 0.2) is 24.3 Å². The van der Waals surface area contributed by atoms with Gasteiger partial charge in [0.2, 0.25) is 0 Å². The number of hydrazine groups is 1. The van der Waals surface area contributed by atoms with Gasteiger partial charge in [0.25, 0.3) is 0 Å². The van der Waals surface area contributed by atoms with Gasteiger partial charge in [0, 0.05) is 18.4 Å².